The van der Waals surface area contributed by atoms with Gasteiger partial charge in [0.1, 0.15) is 5.75 Å². The highest BCUT2D eigenvalue weighted by Crippen LogP contribution is 2.13. The molecule has 3 aromatic carbocycles. The van der Waals surface area contributed by atoms with Crippen LogP contribution in [-0.4, -0.2) is 36.7 Å². The van der Waals surface area contributed by atoms with Crippen LogP contribution in [0.1, 0.15) is 35.3 Å². The summed E-state index contributed by atoms with van der Waals surface area (Å²) in [5.74, 6) is -0.478. The summed E-state index contributed by atoms with van der Waals surface area (Å²) in [7, 11) is 1.93. The fourth-order valence-electron chi connectivity index (χ4n) is 2.56. The van der Waals surface area contributed by atoms with Crippen LogP contribution < -0.4 is 10.6 Å². The first-order valence-corrected chi connectivity index (χ1v) is 10.4. The smallest absolute Gasteiger partial charge is 0.288 e. The van der Waals surface area contributed by atoms with Crippen molar-refractivity contribution in [2.75, 3.05) is 18.9 Å². The van der Waals surface area contributed by atoms with E-state index in [9.17, 15) is 14.4 Å². The van der Waals surface area contributed by atoms with Crippen LogP contribution in [0.15, 0.2) is 78.9 Å². The van der Waals surface area contributed by atoms with Gasteiger partial charge in [0.25, 0.3) is 5.91 Å². The first kappa shape index (κ1) is 26.3. The summed E-state index contributed by atoms with van der Waals surface area (Å²) in [5.41, 5.74) is 2.85. The first-order valence-electron chi connectivity index (χ1n) is 10.4. The van der Waals surface area contributed by atoms with Gasteiger partial charge in [0.15, 0.2) is 5.78 Å². The van der Waals surface area contributed by atoms with Crippen molar-refractivity contribution in [3.05, 3.63) is 95.6 Å². The summed E-state index contributed by atoms with van der Waals surface area (Å²) in [4.78, 5) is 33.2. The molecular weight excluding hydrogens is 404 g/mol. The fraction of sp³-hybridized carbons (Fsp3) is 0.192. The lowest BCUT2D eigenvalue weighted by Gasteiger charge is -2.04. The third-order valence-corrected chi connectivity index (χ3v) is 4.16. The van der Waals surface area contributed by atoms with Gasteiger partial charge in [0.2, 0.25) is 6.29 Å². The number of aromatic hydroxyl groups is 1. The molecule has 3 N–H and O–H groups in total. The molecule has 3 aromatic rings. The van der Waals surface area contributed by atoms with Crippen molar-refractivity contribution in [1.29, 1.82) is 0 Å². The van der Waals surface area contributed by atoms with Gasteiger partial charge < -0.3 is 15.7 Å². The number of amides is 1. The Bertz CT molecular complexity index is 953. The average Bonchev–Trinajstić information content (AvgIpc) is 2.86. The van der Waals surface area contributed by atoms with E-state index in [1.807, 2.05) is 39.1 Å². The number of aldehydes is 1. The SMILES string of the molecule is CC.CNCCc1ccc(O)cc1.O=CC(=O)Nc1ccc(C(=O)c2ccccc2)cc1. The van der Waals surface area contributed by atoms with E-state index in [2.05, 4.69) is 10.6 Å². The Balaban J connectivity index is 0.000000335. The van der Waals surface area contributed by atoms with Gasteiger partial charge in [0.05, 0.1) is 0 Å². The van der Waals surface area contributed by atoms with Crippen molar-refractivity contribution in [2.24, 2.45) is 0 Å². The Labute approximate surface area is 189 Å². The van der Waals surface area contributed by atoms with Crippen LogP contribution in [0.3, 0.4) is 0 Å². The molecule has 0 bridgehead atoms. The zero-order valence-electron chi connectivity index (χ0n) is 18.7. The van der Waals surface area contributed by atoms with E-state index in [4.69, 9.17) is 5.11 Å². The molecule has 32 heavy (non-hydrogen) atoms. The molecule has 0 saturated heterocycles. The van der Waals surface area contributed by atoms with Gasteiger partial charge in [-0.2, -0.15) is 0 Å². The Morgan fingerprint density at radius 1 is 0.844 bits per heavy atom. The van der Waals surface area contributed by atoms with Crippen LogP contribution in [0, 0.1) is 0 Å². The Kier molecular flexibility index (Phi) is 12.4. The van der Waals surface area contributed by atoms with Crippen molar-refractivity contribution >= 4 is 23.7 Å². The lowest BCUT2D eigenvalue weighted by Crippen LogP contribution is -2.12. The highest BCUT2D eigenvalue weighted by Gasteiger charge is 2.08. The highest BCUT2D eigenvalue weighted by molar-refractivity contribution is 6.29. The zero-order valence-corrected chi connectivity index (χ0v) is 18.7. The summed E-state index contributed by atoms with van der Waals surface area (Å²) in [6.45, 7) is 4.98. The van der Waals surface area contributed by atoms with Gasteiger partial charge in [-0.3, -0.25) is 14.4 Å². The lowest BCUT2D eigenvalue weighted by atomic mass is 10.0. The molecule has 6 nitrogen and oxygen atoms in total. The molecule has 0 heterocycles. The van der Waals surface area contributed by atoms with E-state index >= 15 is 0 Å². The van der Waals surface area contributed by atoms with E-state index in [1.165, 1.54) is 5.56 Å². The fourth-order valence-corrected chi connectivity index (χ4v) is 2.56. The second kappa shape index (κ2) is 15.1. The quantitative estimate of drug-likeness (QED) is 0.294. The number of phenolic OH excluding ortho intramolecular Hbond substituents is 1. The van der Waals surface area contributed by atoms with E-state index in [0.717, 1.165) is 13.0 Å². The summed E-state index contributed by atoms with van der Waals surface area (Å²) >= 11 is 0. The number of hydrogen-bond acceptors (Lipinski definition) is 5. The summed E-state index contributed by atoms with van der Waals surface area (Å²) in [6, 6.07) is 22.6. The maximum atomic E-state index is 12.1. The number of hydrogen-bond donors (Lipinski definition) is 3. The number of ketones is 1. The lowest BCUT2D eigenvalue weighted by molar-refractivity contribution is -0.127. The molecule has 3 rings (SSSR count). The Hall–Kier alpha value is -3.77. The van der Waals surface area contributed by atoms with Gasteiger partial charge in [-0.1, -0.05) is 56.3 Å². The van der Waals surface area contributed by atoms with Crippen LogP contribution in [0.4, 0.5) is 5.69 Å². The maximum Gasteiger partial charge on any atom is 0.288 e. The third kappa shape index (κ3) is 9.36. The van der Waals surface area contributed by atoms with Crippen LogP contribution in [0.25, 0.3) is 0 Å². The monoisotopic (exact) mass is 434 g/mol. The first-order chi connectivity index (χ1) is 15.5. The standard InChI is InChI=1S/C15H11NO3.C9H13NO.C2H6/c17-10-14(18)16-13-8-6-12(7-9-13)15(19)11-4-2-1-3-5-11;1-10-7-6-8-2-4-9(11)5-3-8;1-2/h1-10H,(H,16,18);2-5,10-11H,6-7H2,1H3;1-2H3. The van der Waals surface area contributed by atoms with Crippen molar-refractivity contribution in [3.8, 4) is 5.75 Å². The van der Waals surface area contributed by atoms with E-state index in [1.54, 1.807) is 60.7 Å². The molecule has 0 aliphatic carbocycles. The number of carbonyl (C=O) groups is 3. The number of benzene rings is 3. The molecule has 0 unspecified atom stereocenters. The van der Waals surface area contributed by atoms with E-state index < -0.39 is 5.91 Å². The van der Waals surface area contributed by atoms with E-state index in [-0.39, 0.29) is 12.1 Å². The summed E-state index contributed by atoms with van der Waals surface area (Å²) in [5, 5.41) is 14.4. The molecule has 1 amide bonds. The molecule has 0 saturated carbocycles. The predicted octanol–water partition coefficient (Wildman–Crippen LogP) is 4.24. The number of rotatable bonds is 7. The average molecular weight is 435 g/mol. The van der Waals surface area contributed by atoms with Gasteiger partial charge >= 0.3 is 0 Å². The molecule has 0 spiro atoms. The van der Waals surface area contributed by atoms with Gasteiger partial charge in [-0.05, 0) is 62.0 Å². The third-order valence-electron chi connectivity index (χ3n) is 4.16. The van der Waals surface area contributed by atoms with Crippen LogP contribution >= 0.6 is 0 Å². The van der Waals surface area contributed by atoms with Crippen LogP contribution in [-0.2, 0) is 16.0 Å². The second-order valence-corrected chi connectivity index (χ2v) is 6.40. The highest BCUT2D eigenvalue weighted by atomic mass is 16.3. The molecule has 0 fully saturated rings. The molecule has 0 radical (unpaired) electrons. The molecule has 0 atom stereocenters. The van der Waals surface area contributed by atoms with Gasteiger partial charge in [0, 0.05) is 16.8 Å². The summed E-state index contributed by atoms with van der Waals surface area (Å²) < 4.78 is 0. The topological polar surface area (TPSA) is 95.5 Å². The minimum absolute atomic E-state index is 0.0890. The van der Waals surface area contributed by atoms with Gasteiger partial charge in [-0.25, -0.2) is 0 Å². The van der Waals surface area contributed by atoms with Crippen molar-refractivity contribution in [1.82, 2.24) is 5.32 Å². The predicted molar refractivity (Wildman–Crippen MR) is 128 cm³/mol. The molecule has 0 aliphatic heterocycles. The van der Waals surface area contributed by atoms with Crippen molar-refractivity contribution in [3.63, 3.8) is 0 Å². The van der Waals surface area contributed by atoms with Crippen molar-refractivity contribution < 1.29 is 19.5 Å². The Morgan fingerprint density at radius 2 is 1.41 bits per heavy atom. The molecule has 0 aromatic heterocycles. The molecular formula is C26H30N2O4. The van der Waals surface area contributed by atoms with E-state index in [0.29, 0.717) is 22.6 Å². The Morgan fingerprint density at radius 3 is 1.94 bits per heavy atom. The van der Waals surface area contributed by atoms with Crippen LogP contribution in [0.2, 0.25) is 0 Å². The maximum absolute atomic E-state index is 12.1. The molecule has 6 heteroatoms. The summed E-state index contributed by atoms with van der Waals surface area (Å²) in [6.07, 6.45) is 1.21. The van der Waals surface area contributed by atoms with Crippen LogP contribution in [0.5, 0.6) is 5.75 Å². The number of anilines is 1. The number of phenols is 1. The molecule has 168 valence electrons. The minimum atomic E-state index is -0.720. The normalized spacial score (nSPS) is 9.34. The second-order valence-electron chi connectivity index (χ2n) is 6.40. The van der Waals surface area contributed by atoms with Gasteiger partial charge in [-0.15, -0.1) is 0 Å². The minimum Gasteiger partial charge on any atom is -0.508 e. The largest absolute Gasteiger partial charge is 0.508 e. The number of nitrogens with one attached hydrogen (secondary N) is 2. The molecule has 0 aliphatic rings. The number of likely N-dealkylation sites (N-methyl/N-ethyl adjacent to an activating group) is 1. The van der Waals surface area contributed by atoms with Crippen molar-refractivity contribution in [2.45, 2.75) is 20.3 Å². The number of carbonyl (C=O) groups excluding carboxylic acids is 3. The zero-order chi connectivity index (χ0) is 23.8.